The Labute approximate surface area is 148 Å². The molecule has 3 N–H and O–H groups in total. The Kier molecular flexibility index (Phi) is 6.03. The Hall–Kier alpha value is -2.99. The second-order valence-corrected chi connectivity index (χ2v) is 6.15. The lowest BCUT2D eigenvalue weighted by Gasteiger charge is -2.18. The number of nitriles is 1. The van der Waals surface area contributed by atoms with Gasteiger partial charge in [-0.25, -0.2) is 15.2 Å². The summed E-state index contributed by atoms with van der Waals surface area (Å²) in [5, 5.41) is 13.9. The number of esters is 1. The molecule has 1 heterocycles. The van der Waals surface area contributed by atoms with Crippen LogP contribution in [0.2, 0.25) is 0 Å². The van der Waals surface area contributed by atoms with E-state index in [1.165, 1.54) is 18.3 Å². The van der Waals surface area contributed by atoms with Gasteiger partial charge in [0.25, 0.3) is 0 Å². The average molecular weight is 359 g/mol. The number of amides is 2. The Morgan fingerprint density at radius 2 is 2.20 bits per heavy atom. The maximum Gasteiger partial charge on any atom is 0.332 e. The molecular formula is C16H17N5O3S. The van der Waals surface area contributed by atoms with E-state index < -0.39 is 23.8 Å². The quantitative estimate of drug-likeness (QED) is 0.463. The second kappa shape index (κ2) is 8.21. The number of aromatic nitrogens is 1. The average Bonchev–Trinajstić information content (AvgIpc) is 3.01. The molecule has 25 heavy (non-hydrogen) atoms. The molecule has 0 fully saturated rings. The third-order valence-electron chi connectivity index (χ3n) is 3.38. The summed E-state index contributed by atoms with van der Waals surface area (Å²) in [6, 6.07) is 8.68. The number of carbonyl (C=O) groups is 2. The van der Waals surface area contributed by atoms with E-state index in [-0.39, 0.29) is 12.3 Å². The summed E-state index contributed by atoms with van der Waals surface area (Å²) in [5.41, 5.74) is 8.03. The largest absolute Gasteiger partial charge is 0.465 e. The highest BCUT2D eigenvalue weighted by Gasteiger charge is 2.36. The van der Waals surface area contributed by atoms with Crippen LogP contribution in [0, 0.1) is 17.2 Å². The third-order valence-corrected chi connectivity index (χ3v) is 4.50. The van der Waals surface area contributed by atoms with E-state index >= 15 is 0 Å². The Morgan fingerprint density at radius 1 is 1.48 bits per heavy atom. The van der Waals surface area contributed by atoms with Crippen LogP contribution in [0.4, 0.5) is 4.79 Å². The minimum absolute atomic E-state index is 0.157. The summed E-state index contributed by atoms with van der Waals surface area (Å²) in [7, 11) is 0. The van der Waals surface area contributed by atoms with Crippen molar-refractivity contribution in [2.45, 2.75) is 19.8 Å². The Bertz CT molecular complexity index is 822. The molecule has 8 nitrogen and oxygen atoms in total. The highest BCUT2D eigenvalue weighted by Crippen LogP contribution is 2.33. The highest BCUT2D eigenvalue weighted by atomic mass is 32.1. The molecule has 9 heteroatoms. The van der Waals surface area contributed by atoms with Gasteiger partial charge in [0.05, 0.1) is 28.6 Å². The minimum Gasteiger partial charge on any atom is -0.465 e. The van der Waals surface area contributed by atoms with E-state index in [0.717, 1.165) is 10.2 Å². The van der Waals surface area contributed by atoms with Crippen LogP contribution in [0.25, 0.3) is 10.2 Å². The second-order valence-electron chi connectivity index (χ2n) is 5.09. The smallest absolute Gasteiger partial charge is 0.332 e. The van der Waals surface area contributed by atoms with Crippen molar-refractivity contribution < 1.29 is 14.3 Å². The van der Waals surface area contributed by atoms with Gasteiger partial charge in [0, 0.05) is 0 Å². The maximum absolute atomic E-state index is 12.4. The molecule has 0 bridgehead atoms. The van der Waals surface area contributed by atoms with Gasteiger partial charge in [-0.3, -0.25) is 4.79 Å². The van der Waals surface area contributed by atoms with E-state index in [1.807, 2.05) is 24.3 Å². The zero-order valence-electron chi connectivity index (χ0n) is 13.7. The van der Waals surface area contributed by atoms with E-state index in [4.69, 9.17) is 10.5 Å². The number of fused-ring (bicyclic) bond motifs is 1. The molecule has 2 aromatic rings. The lowest BCUT2D eigenvalue weighted by atomic mass is 9.90. The third kappa shape index (κ3) is 4.30. The minimum atomic E-state index is -1.00. The number of ether oxygens (including phenoxy) is 1. The van der Waals surface area contributed by atoms with Crippen molar-refractivity contribution in [2.75, 3.05) is 6.61 Å². The van der Waals surface area contributed by atoms with Crippen molar-refractivity contribution >= 4 is 39.3 Å². The fourth-order valence-electron chi connectivity index (χ4n) is 2.29. The number of nitrogens with one attached hydrogen (secondary N) is 1. The lowest BCUT2D eigenvalue weighted by molar-refractivity contribution is -0.145. The van der Waals surface area contributed by atoms with Crippen molar-refractivity contribution in [2.24, 2.45) is 16.8 Å². The van der Waals surface area contributed by atoms with Gasteiger partial charge in [-0.1, -0.05) is 12.1 Å². The number of thiazole rings is 1. The molecule has 2 amide bonds. The molecule has 1 aromatic carbocycles. The number of nitrogens with zero attached hydrogens (tertiary/aromatic N) is 3. The Balaban J connectivity index is 2.45. The van der Waals surface area contributed by atoms with Gasteiger partial charge in [0.2, 0.25) is 0 Å². The van der Waals surface area contributed by atoms with Gasteiger partial charge in [0.15, 0.2) is 0 Å². The molecule has 1 aromatic heterocycles. The van der Waals surface area contributed by atoms with Gasteiger partial charge in [-0.2, -0.15) is 10.4 Å². The first-order chi connectivity index (χ1) is 12.0. The number of nitrogens with two attached hydrogens (primary N) is 1. The fraction of sp³-hybridized carbons (Fsp3) is 0.312. The van der Waals surface area contributed by atoms with Gasteiger partial charge < -0.3 is 10.5 Å². The number of para-hydroxylation sites is 1. The molecule has 130 valence electrons. The number of benzene rings is 1. The van der Waals surface area contributed by atoms with Crippen LogP contribution in [-0.2, 0) is 9.53 Å². The molecule has 0 aliphatic carbocycles. The molecule has 2 atom stereocenters. The van der Waals surface area contributed by atoms with Crippen molar-refractivity contribution in [3.8, 4) is 6.07 Å². The zero-order valence-corrected chi connectivity index (χ0v) is 14.5. The van der Waals surface area contributed by atoms with E-state index in [2.05, 4.69) is 21.6 Å². The maximum atomic E-state index is 12.4. The number of hydrogen-bond acceptors (Lipinski definition) is 7. The molecule has 0 radical (unpaired) electrons. The summed E-state index contributed by atoms with van der Waals surface area (Å²) < 4.78 is 5.98. The molecule has 0 aliphatic heterocycles. The van der Waals surface area contributed by atoms with E-state index in [0.29, 0.717) is 5.01 Å². The number of rotatable bonds is 6. The lowest BCUT2D eigenvalue weighted by Crippen LogP contribution is -2.33. The van der Waals surface area contributed by atoms with Crippen molar-refractivity contribution in [1.82, 2.24) is 10.4 Å². The summed E-state index contributed by atoms with van der Waals surface area (Å²) >= 11 is 1.33. The Morgan fingerprint density at radius 3 is 2.80 bits per heavy atom. The molecule has 0 saturated heterocycles. The van der Waals surface area contributed by atoms with E-state index in [9.17, 15) is 14.9 Å². The van der Waals surface area contributed by atoms with Crippen molar-refractivity contribution in [3.05, 3.63) is 29.3 Å². The predicted octanol–water partition coefficient (Wildman–Crippen LogP) is 2.13. The van der Waals surface area contributed by atoms with Crippen molar-refractivity contribution in [3.63, 3.8) is 0 Å². The summed E-state index contributed by atoms with van der Waals surface area (Å²) in [4.78, 5) is 27.7. The van der Waals surface area contributed by atoms with Crippen molar-refractivity contribution in [1.29, 1.82) is 5.26 Å². The normalized spacial score (nSPS) is 13.7. The first-order valence-corrected chi connectivity index (χ1v) is 8.30. The molecular weight excluding hydrogens is 342 g/mol. The number of urea groups is 1. The van der Waals surface area contributed by atoms with Crippen LogP contribution in [-0.4, -0.2) is 29.3 Å². The first-order valence-electron chi connectivity index (χ1n) is 7.49. The highest BCUT2D eigenvalue weighted by molar-refractivity contribution is 7.18. The van der Waals surface area contributed by atoms with Gasteiger partial charge in [-0.05, 0) is 26.0 Å². The first kappa shape index (κ1) is 18.4. The monoisotopic (exact) mass is 359 g/mol. The number of hydrogen-bond donors (Lipinski definition) is 2. The van der Waals surface area contributed by atoms with Gasteiger partial charge in [0.1, 0.15) is 16.8 Å². The van der Waals surface area contributed by atoms with Crippen LogP contribution < -0.4 is 11.2 Å². The fourth-order valence-corrected chi connectivity index (χ4v) is 3.34. The van der Waals surface area contributed by atoms with Crippen LogP contribution in [0.1, 0.15) is 24.8 Å². The topological polar surface area (TPSA) is 130 Å². The number of hydrazone groups is 1. The predicted molar refractivity (Wildman–Crippen MR) is 93.9 cm³/mol. The zero-order chi connectivity index (χ0) is 18.4. The summed E-state index contributed by atoms with van der Waals surface area (Å²) in [5.74, 6) is -2.51. The molecule has 0 aliphatic rings. The number of primary amides is 1. The summed E-state index contributed by atoms with van der Waals surface area (Å²) in [6.45, 7) is 3.35. The number of carbonyl (C=O) groups excluding carboxylic acids is 2. The molecule has 2 rings (SSSR count). The molecule has 0 spiro atoms. The van der Waals surface area contributed by atoms with Crippen LogP contribution in [0.3, 0.4) is 0 Å². The van der Waals surface area contributed by atoms with Gasteiger partial charge in [-0.15, -0.1) is 11.3 Å². The van der Waals surface area contributed by atoms with Crippen LogP contribution >= 0.6 is 11.3 Å². The standard InChI is InChI=1S/C16H17N5O3S/c1-3-24-15(22)13(9(2)20-21-16(18)23)10(8-17)14-19-11-6-4-5-7-12(11)25-14/h4-7,10,13H,3H2,1-2H3,(H3,18,21,23)/b20-9+. The molecule has 0 saturated carbocycles. The van der Waals surface area contributed by atoms with Crippen LogP contribution in [0.15, 0.2) is 29.4 Å². The van der Waals surface area contributed by atoms with Crippen LogP contribution in [0.5, 0.6) is 0 Å². The van der Waals surface area contributed by atoms with E-state index in [1.54, 1.807) is 6.92 Å². The van der Waals surface area contributed by atoms with Gasteiger partial charge >= 0.3 is 12.0 Å². The molecule has 2 unspecified atom stereocenters. The SMILES string of the molecule is CCOC(=O)C(/C(C)=N/NC(N)=O)C(C#N)c1nc2ccccc2s1. The summed E-state index contributed by atoms with van der Waals surface area (Å²) in [6.07, 6.45) is 0.